The first-order valence-electron chi connectivity index (χ1n) is 6.85. The molecule has 0 saturated carbocycles. The second-order valence-corrected chi connectivity index (χ2v) is 6.54. The molecule has 0 fully saturated rings. The van der Waals surface area contributed by atoms with E-state index in [1.165, 1.54) is 6.07 Å². The van der Waals surface area contributed by atoms with E-state index in [0.717, 1.165) is 4.57 Å². The highest BCUT2D eigenvalue weighted by molar-refractivity contribution is 9.10. The predicted octanol–water partition coefficient (Wildman–Crippen LogP) is 3.14. The standard InChI is InChI=1S/C16H11BrClNO4/c17-11-2-1-8(18)5-9(11)10-6-14(21)19(7-15(22)23)12-3-4-13(20)16(10)12/h1-2,5-6H,3-4,7H2,(H,22,23). The zero-order valence-corrected chi connectivity index (χ0v) is 14.1. The number of aromatic nitrogens is 1. The molecule has 1 aliphatic carbocycles. The molecule has 3 rings (SSSR count). The molecule has 0 atom stereocenters. The first-order chi connectivity index (χ1) is 10.9. The van der Waals surface area contributed by atoms with Gasteiger partial charge in [0.2, 0.25) is 0 Å². The Balaban J connectivity index is 2.32. The molecule has 118 valence electrons. The molecule has 5 nitrogen and oxygen atoms in total. The van der Waals surface area contributed by atoms with E-state index in [1.807, 2.05) is 0 Å². The molecule has 1 N–H and O–H groups in total. The van der Waals surface area contributed by atoms with Gasteiger partial charge >= 0.3 is 5.97 Å². The number of carbonyl (C=O) groups excluding carboxylic acids is 1. The fourth-order valence-corrected chi connectivity index (χ4v) is 3.48. The Morgan fingerprint density at radius 2 is 1.96 bits per heavy atom. The van der Waals surface area contributed by atoms with Crippen molar-refractivity contribution < 1.29 is 14.7 Å². The van der Waals surface area contributed by atoms with Crippen molar-refractivity contribution in [2.24, 2.45) is 0 Å². The molecule has 23 heavy (non-hydrogen) atoms. The normalized spacial score (nSPS) is 13.2. The van der Waals surface area contributed by atoms with Crippen molar-refractivity contribution >= 4 is 39.3 Å². The summed E-state index contributed by atoms with van der Waals surface area (Å²) in [6, 6.07) is 6.42. The lowest BCUT2D eigenvalue weighted by molar-refractivity contribution is -0.137. The molecule has 2 aromatic rings. The number of carbonyl (C=O) groups is 2. The number of halogens is 2. The second-order valence-electron chi connectivity index (χ2n) is 5.25. The van der Waals surface area contributed by atoms with Crippen LogP contribution < -0.4 is 5.56 Å². The predicted molar refractivity (Wildman–Crippen MR) is 89.1 cm³/mol. The summed E-state index contributed by atoms with van der Waals surface area (Å²) in [5, 5.41) is 9.47. The zero-order chi connectivity index (χ0) is 16.7. The number of rotatable bonds is 3. The van der Waals surface area contributed by atoms with Gasteiger partial charge in [-0.3, -0.25) is 14.4 Å². The molecule has 1 aliphatic rings. The molecule has 7 heteroatoms. The van der Waals surface area contributed by atoms with Crippen molar-refractivity contribution in [3.63, 3.8) is 0 Å². The minimum Gasteiger partial charge on any atom is -0.480 e. The third-order valence-corrected chi connectivity index (χ3v) is 4.72. The van der Waals surface area contributed by atoms with Crippen LogP contribution in [0.3, 0.4) is 0 Å². The van der Waals surface area contributed by atoms with Crippen LogP contribution in [-0.2, 0) is 17.8 Å². The van der Waals surface area contributed by atoms with Gasteiger partial charge in [0.25, 0.3) is 5.56 Å². The molecule has 0 unspecified atom stereocenters. The zero-order valence-electron chi connectivity index (χ0n) is 11.8. The summed E-state index contributed by atoms with van der Waals surface area (Å²) in [5.74, 6) is -1.22. The van der Waals surface area contributed by atoms with Crippen LogP contribution in [0.25, 0.3) is 11.1 Å². The molecule has 0 saturated heterocycles. The van der Waals surface area contributed by atoms with E-state index in [9.17, 15) is 14.4 Å². The number of hydrogen-bond donors (Lipinski definition) is 1. The van der Waals surface area contributed by atoms with Crippen LogP contribution in [0.2, 0.25) is 5.02 Å². The number of hydrogen-bond acceptors (Lipinski definition) is 3. The van der Waals surface area contributed by atoms with Gasteiger partial charge in [-0.05, 0) is 30.2 Å². The van der Waals surface area contributed by atoms with Gasteiger partial charge in [-0.2, -0.15) is 0 Å². The quantitative estimate of drug-likeness (QED) is 0.865. The average molecular weight is 397 g/mol. The number of carboxylic acid groups (broad SMARTS) is 1. The van der Waals surface area contributed by atoms with E-state index in [1.54, 1.807) is 18.2 Å². The number of nitrogens with zero attached hydrogens (tertiary/aromatic N) is 1. The van der Waals surface area contributed by atoms with Crippen molar-refractivity contribution in [3.05, 3.63) is 55.4 Å². The summed E-state index contributed by atoms with van der Waals surface area (Å²) in [5.41, 5.74) is 1.58. The molecular weight excluding hydrogens is 386 g/mol. The first-order valence-corrected chi connectivity index (χ1v) is 8.02. The molecular formula is C16H11BrClNO4. The third kappa shape index (κ3) is 2.84. The second kappa shape index (κ2) is 5.94. The minimum absolute atomic E-state index is 0.0963. The van der Waals surface area contributed by atoms with Crippen molar-refractivity contribution in [1.29, 1.82) is 0 Å². The van der Waals surface area contributed by atoms with Crippen LogP contribution in [0, 0.1) is 0 Å². The molecule has 0 amide bonds. The summed E-state index contributed by atoms with van der Waals surface area (Å²) in [4.78, 5) is 35.6. The van der Waals surface area contributed by atoms with E-state index >= 15 is 0 Å². The fraction of sp³-hybridized carbons (Fsp3) is 0.188. The topological polar surface area (TPSA) is 76.4 Å². The molecule has 0 aliphatic heterocycles. The highest BCUT2D eigenvalue weighted by Crippen LogP contribution is 2.36. The van der Waals surface area contributed by atoms with E-state index in [4.69, 9.17) is 16.7 Å². The number of carboxylic acids is 1. The van der Waals surface area contributed by atoms with Crippen molar-refractivity contribution in [3.8, 4) is 11.1 Å². The maximum atomic E-state index is 12.4. The molecule has 1 aromatic carbocycles. The van der Waals surface area contributed by atoms with Crippen LogP contribution in [-0.4, -0.2) is 21.4 Å². The number of fused-ring (bicyclic) bond motifs is 1. The smallest absolute Gasteiger partial charge is 0.323 e. The molecule has 0 radical (unpaired) electrons. The maximum absolute atomic E-state index is 12.4. The van der Waals surface area contributed by atoms with Gasteiger partial charge in [0.1, 0.15) is 6.54 Å². The van der Waals surface area contributed by atoms with Crippen molar-refractivity contribution in [1.82, 2.24) is 4.57 Å². The molecule has 0 spiro atoms. The van der Waals surface area contributed by atoms with E-state index in [0.29, 0.717) is 38.3 Å². The van der Waals surface area contributed by atoms with Gasteiger partial charge in [-0.1, -0.05) is 27.5 Å². The lowest BCUT2D eigenvalue weighted by atomic mass is 9.99. The fourth-order valence-electron chi connectivity index (χ4n) is 2.85. The number of ketones is 1. The van der Waals surface area contributed by atoms with Crippen LogP contribution in [0.15, 0.2) is 33.5 Å². The van der Waals surface area contributed by atoms with Crippen LogP contribution in [0.4, 0.5) is 0 Å². The Morgan fingerprint density at radius 1 is 1.22 bits per heavy atom. The van der Waals surface area contributed by atoms with Crippen LogP contribution in [0.5, 0.6) is 0 Å². The Hall–Kier alpha value is -1.92. The van der Waals surface area contributed by atoms with Crippen molar-refractivity contribution in [2.75, 3.05) is 0 Å². The van der Waals surface area contributed by atoms with Gasteiger partial charge in [0.15, 0.2) is 5.78 Å². The van der Waals surface area contributed by atoms with Gasteiger partial charge in [0, 0.05) is 38.8 Å². The Bertz CT molecular complexity index is 904. The Kier molecular flexibility index (Phi) is 4.12. The largest absolute Gasteiger partial charge is 0.480 e. The highest BCUT2D eigenvalue weighted by Gasteiger charge is 2.28. The van der Waals surface area contributed by atoms with E-state index < -0.39 is 18.1 Å². The van der Waals surface area contributed by atoms with E-state index in [-0.39, 0.29) is 12.2 Å². The minimum atomic E-state index is -1.12. The van der Waals surface area contributed by atoms with Gasteiger partial charge in [-0.25, -0.2) is 0 Å². The number of Topliss-reactive ketones (excluding diaryl/α,β-unsaturated/α-hetero) is 1. The van der Waals surface area contributed by atoms with Gasteiger partial charge in [0.05, 0.1) is 0 Å². The average Bonchev–Trinajstić information content (AvgIpc) is 2.86. The first kappa shape index (κ1) is 16.0. The number of pyridine rings is 1. The molecule has 1 aromatic heterocycles. The lowest BCUT2D eigenvalue weighted by Crippen LogP contribution is -2.27. The summed E-state index contributed by atoms with van der Waals surface area (Å²) in [6.07, 6.45) is 0.631. The summed E-state index contributed by atoms with van der Waals surface area (Å²) >= 11 is 9.43. The summed E-state index contributed by atoms with van der Waals surface area (Å²) in [6.45, 7) is -0.453. The Labute approximate surface area is 144 Å². The number of benzene rings is 1. The van der Waals surface area contributed by atoms with Crippen molar-refractivity contribution in [2.45, 2.75) is 19.4 Å². The summed E-state index contributed by atoms with van der Waals surface area (Å²) in [7, 11) is 0. The van der Waals surface area contributed by atoms with Gasteiger partial charge < -0.3 is 9.67 Å². The van der Waals surface area contributed by atoms with E-state index in [2.05, 4.69) is 15.9 Å². The highest BCUT2D eigenvalue weighted by atomic mass is 79.9. The molecule has 1 heterocycles. The van der Waals surface area contributed by atoms with Crippen LogP contribution in [0.1, 0.15) is 22.5 Å². The SMILES string of the molecule is O=C(O)Cn1c2c(c(-c3cc(Cl)ccc3Br)cc1=O)C(=O)CC2. The van der Waals surface area contributed by atoms with Gasteiger partial charge in [-0.15, -0.1) is 0 Å². The maximum Gasteiger partial charge on any atom is 0.323 e. The number of aliphatic carboxylic acids is 1. The molecule has 0 bridgehead atoms. The summed E-state index contributed by atoms with van der Waals surface area (Å²) < 4.78 is 1.86. The monoisotopic (exact) mass is 395 g/mol. The third-order valence-electron chi connectivity index (χ3n) is 3.80. The lowest BCUT2D eigenvalue weighted by Gasteiger charge is -2.14. The van der Waals surface area contributed by atoms with Crippen LogP contribution >= 0.6 is 27.5 Å². The Morgan fingerprint density at radius 3 is 2.65 bits per heavy atom.